The molecule has 0 aromatic heterocycles. The summed E-state index contributed by atoms with van der Waals surface area (Å²) in [6, 6.07) is 6.48. The van der Waals surface area contributed by atoms with Crippen molar-refractivity contribution in [3.8, 4) is 5.75 Å². The van der Waals surface area contributed by atoms with E-state index in [1.54, 1.807) is 20.8 Å². The maximum absolute atomic E-state index is 13.4. The topological polar surface area (TPSA) is 196 Å². The number of hydrogen-bond acceptors (Lipinski definition) is 11. The Kier molecular flexibility index (Phi) is 12.1. The van der Waals surface area contributed by atoms with Gasteiger partial charge in [-0.2, -0.15) is 0 Å². The summed E-state index contributed by atoms with van der Waals surface area (Å²) in [6.45, 7) is 4.88. The van der Waals surface area contributed by atoms with Crippen molar-refractivity contribution in [2.24, 2.45) is 5.92 Å². The van der Waals surface area contributed by atoms with E-state index >= 15 is 0 Å². The molecule has 17 heteroatoms. The maximum atomic E-state index is 13.4. The zero-order valence-corrected chi connectivity index (χ0v) is 29.3. The second-order valence-corrected chi connectivity index (χ2v) is 13.4. The number of ether oxygens (including phenoxy) is 5. The Morgan fingerprint density at radius 2 is 1.66 bits per heavy atom. The van der Waals surface area contributed by atoms with Crippen LogP contribution in [0.5, 0.6) is 5.75 Å². The highest BCUT2D eigenvalue weighted by molar-refractivity contribution is 6.37. The standard InChI is InChI=1S/C33H37Cl2N3O12/c1-33(2,3)50-31(44)37-23(28(40)41)26-24-19(29(42)46-4)13-18(38(24)32(45)49-26)14-22(30(43)47-5)36-27(39)17-11-20(34)25(21(35)12-17)48-15-16-9-7-6-8-10-16/h6-12,18-19,22-24,26H,13-15H2,1-5H3,(H,36,39)(H,37,44)(H,40,41)/t18-,19?,22-,23-,24?,26+/m1/s1. The van der Waals surface area contributed by atoms with E-state index in [4.69, 9.17) is 46.9 Å². The van der Waals surface area contributed by atoms with Crippen LogP contribution < -0.4 is 15.4 Å². The zero-order chi connectivity index (χ0) is 36.9. The molecule has 2 aromatic carbocycles. The van der Waals surface area contributed by atoms with Gasteiger partial charge in [-0.05, 0) is 51.3 Å². The summed E-state index contributed by atoms with van der Waals surface area (Å²) in [5, 5.41) is 14.8. The molecule has 2 fully saturated rings. The molecule has 2 aromatic rings. The Morgan fingerprint density at radius 1 is 1.02 bits per heavy atom. The molecule has 2 aliphatic heterocycles. The summed E-state index contributed by atoms with van der Waals surface area (Å²) in [6.07, 6.45) is -4.03. The Bertz CT molecular complexity index is 1610. The van der Waals surface area contributed by atoms with Crippen LogP contribution in [0.1, 0.15) is 49.5 Å². The molecule has 0 bridgehead atoms. The molecule has 50 heavy (non-hydrogen) atoms. The van der Waals surface area contributed by atoms with Crippen molar-refractivity contribution < 1.29 is 57.6 Å². The van der Waals surface area contributed by atoms with Crippen molar-refractivity contribution in [2.45, 2.75) is 76.1 Å². The first-order chi connectivity index (χ1) is 23.5. The number of fused-ring (bicyclic) bond motifs is 1. The minimum Gasteiger partial charge on any atom is -0.486 e. The molecular weight excluding hydrogens is 701 g/mol. The molecule has 2 unspecified atom stereocenters. The normalized spacial score (nSPS) is 20.9. The van der Waals surface area contributed by atoms with Gasteiger partial charge < -0.3 is 39.4 Å². The molecule has 3 amide bonds. The summed E-state index contributed by atoms with van der Waals surface area (Å²) in [7, 11) is 2.22. The highest BCUT2D eigenvalue weighted by Gasteiger charge is 2.60. The number of carbonyl (C=O) groups is 6. The molecule has 2 heterocycles. The van der Waals surface area contributed by atoms with Crippen LogP contribution in [0.15, 0.2) is 42.5 Å². The van der Waals surface area contributed by atoms with Gasteiger partial charge in [0.2, 0.25) is 0 Å². The number of rotatable bonds is 12. The lowest BCUT2D eigenvalue weighted by Crippen LogP contribution is -2.55. The monoisotopic (exact) mass is 737 g/mol. The number of halogens is 2. The number of carboxylic acid groups (broad SMARTS) is 1. The van der Waals surface area contributed by atoms with Crippen LogP contribution in [-0.2, 0) is 39.9 Å². The molecule has 15 nitrogen and oxygen atoms in total. The van der Waals surface area contributed by atoms with E-state index in [0.717, 1.165) is 24.7 Å². The molecule has 0 spiro atoms. The number of cyclic esters (lactones) is 1. The van der Waals surface area contributed by atoms with Crippen LogP contribution in [0.3, 0.4) is 0 Å². The number of nitrogens with zero attached hydrogens (tertiary/aromatic N) is 1. The van der Waals surface area contributed by atoms with Gasteiger partial charge in [-0.1, -0.05) is 53.5 Å². The van der Waals surface area contributed by atoms with E-state index in [1.807, 2.05) is 30.3 Å². The van der Waals surface area contributed by atoms with Crippen LogP contribution in [-0.4, -0.2) is 96.1 Å². The van der Waals surface area contributed by atoms with Gasteiger partial charge in [0.1, 0.15) is 18.2 Å². The third-order valence-electron chi connectivity index (χ3n) is 7.99. The number of methoxy groups -OCH3 is 2. The first-order valence-corrected chi connectivity index (χ1v) is 16.1. The minimum absolute atomic E-state index is 0.0177. The number of nitrogens with one attached hydrogen (secondary N) is 2. The van der Waals surface area contributed by atoms with E-state index in [2.05, 4.69) is 10.6 Å². The van der Waals surface area contributed by atoms with Crippen molar-refractivity contribution in [3.05, 3.63) is 63.6 Å². The lowest BCUT2D eigenvalue weighted by atomic mass is 9.91. The average molecular weight is 739 g/mol. The van der Waals surface area contributed by atoms with Gasteiger partial charge in [0.05, 0.1) is 36.2 Å². The van der Waals surface area contributed by atoms with Gasteiger partial charge in [-0.25, -0.2) is 19.2 Å². The molecule has 270 valence electrons. The molecule has 2 aliphatic rings. The Hall–Kier alpha value is -4.76. The number of amides is 3. The van der Waals surface area contributed by atoms with Crippen LogP contribution >= 0.6 is 23.2 Å². The van der Waals surface area contributed by atoms with Gasteiger partial charge in [-0.15, -0.1) is 0 Å². The predicted octanol–water partition coefficient (Wildman–Crippen LogP) is 3.96. The van der Waals surface area contributed by atoms with Gasteiger partial charge in [0, 0.05) is 11.6 Å². The number of alkyl carbamates (subject to hydrolysis) is 1. The van der Waals surface area contributed by atoms with Gasteiger partial charge in [0.15, 0.2) is 17.9 Å². The first-order valence-electron chi connectivity index (χ1n) is 15.4. The number of hydrogen-bond donors (Lipinski definition) is 3. The Balaban J connectivity index is 1.55. The molecule has 0 saturated carbocycles. The fraction of sp³-hybridized carbons (Fsp3) is 0.455. The number of carbonyl (C=O) groups excluding carboxylic acids is 5. The summed E-state index contributed by atoms with van der Waals surface area (Å²) in [5.74, 6) is -4.98. The number of benzene rings is 2. The van der Waals surface area contributed by atoms with Gasteiger partial charge in [0.25, 0.3) is 5.91 Å². The van der Waals surface area contributed by atoms with E-state index in [-0.39, 0.29) is 40.8 Å². The van der Waals surface area contributed by atoms with Crippen molar-refractivity contribution in [3.63, 3.8) is 0 Å². The van der Waals surface area contributed by atoms with E-state index in [0.29, 0.717) is 0 Å². The number of esters is 2. The van der Waals surface area contributed by atoms with Crippen molar-refractivity contribution in [1.82, 2.24) is 15.5 Å². The largest absolute Gasteiger partial charge is 0.486 e. The maximum Gasteiger partial charge on any atom is 0.410 e. The minimum atomic E-state index is -1.82. The van der Waals surface area contributed by atoms with Gasteiger partial charge >= 0.3 is 30.1 Å². The Morgan fingerprint density at radius 3 is 2.22 bits per heavy atom. The third kappa shape index (κ3) is 8.87. The quantitative estimate of drug-likeness (QED) is 0.210. The molecule has 0 aliphatic carbocycles. The summed E-state index contributed by atoms with van der Waals surface area (Å²) < 4.78 is 26.2. The van der Waals surface area contributed by atoms with Crippen molar-refractivity contribution in [1.29, 1.82) is 0 Å². The molecule has 2 saturated heterocycles. The average Bonchev–Trinajstić information content (AvgIpc) is 3.59. The molecule has 6 atom stereocenters. The highest BCUT2D eigenvalue weighted by Crippen LogP contribution is 2.42. The molecule has 4 rings (SSSR count). The van der Waals surface area contributed by atoms with Crippen molar-refractivity contribution >= 4 is 59.2 Å². The smallest absolute Gasteiger partial charge is 0.410 e. The van der Waals surface area contributed by atoms with Crippen LogP contribution in [0.2, 0.25) is 10.0 Å². The van der Waals surface area contributed by atoms with Gasteiger partial charge in [-0.3, -0.25) is 14.5 Å². The predicted molar refractivity (Wildman–Crippen MR) is 176 cm³/mol. The summed E-state index contributed by atoms with van der Waals surface area (Å²) in [5.41, 5.74) is -0.131. The van der Waals surface area contributed by atoms with Crippen LogP contribution in [0, 0.1) is 5.92 Å². The van der Waals surface area contributed by atoms with Crippen molar-refractivity contribution in [2.75, 3.05) is 14.2 Å². The van der Waals surface area contributed by atoms with E-state index < -0.39 is 77.8 Å². The third-order valence-corrected chi connectivity index (χ3v) is 8.55. The Labute approximate surface area is 297 Å². The zero-order valence-electron chi connectivity index (χ0n) is 27.8. The van der Waals surface area contributed by atoms with Crippen LogP contribution in [0.25, 0.3) is 0 Å². The van der Waals surface area contributed by atoms with E-state index in [9.17, 15) is 33.9 Å². The molecular formula is C33H37Cl2N3O12. The summed E-state index contributed by atoms with van der Waals surface area (Å²) in [4.78, 5) is 78.5. The lowest BCUT2D eigenvalue weighted by molar-refractivity contribution is -0.149. The lowest BCUT2D eigenvalue weighted by Gasteiger charge is -2.28. The molecule has 0 radical (unpaired) electrons. The van der Waals surface area contributed by atoms with Crippen LogP contribution in [0.4, 0.5) is 9.59 Å². The fourth-order valence-corrected chi connectivity index (χ4v) is 6.49. The van der Waals surface area contributed by atoms with E-state index in [1.165, 1.54) is 12.1 Å². The SMILES string of the molecule is COC(=O)C1C[C@H](C[C@@H](NC(=O)c2cc(Cl)c(OCc3ccccc3)c(Cl)c2)C(=O)OC)N2C(=O)O[C@@H]([C@@H](NC(=O)OC(C)(C)C)C(=O)O)C12. The highest BCUT2D eigenvalue weighted by atomic mass is 35.5. The number of aliphatic carboxylic acids is 1. The summed E-state index contributed by atoms with van der Waals surface area (Å²) >= 11 is 12.8. The number of carboxylic acids is 1. The first kappa shape index (κ1) is 38.0. The fourth-order valence-electron chi connectivity index (χ4n) is 5.90. The second-order valence-electron chi connectivity index (χ2n) is 12.6. The molecule has 3 N–H and O–H groups in total. The second kappa shape index (κ2) is 15.9.